The topological polar surface area (TPSA) is 38.3 Å². The summed E-state index contributed by atoms with van der Waals surface area (Å²) in [4.78, 5) is 11.7. The Hall–Kier alpha value is -1.22. The molecule has 0 aliphatic heterocycles. The quantitative estimate of drug-likeness (QED) is 0.839. The molecule has 0 aromatic heterocycles. The van der Waals surface area contributed by atoms with Crippen molar-refractivity contribution in [2.75, 3.05) is 19.0 Å². The lowest BCUT2D eigenvalue weighted by Crippen LogP contribution is -2.21. The van der Waals surface area contributed by atoms with E-state index in [-0.39, 0.29) is 5.97 Å². The fourth-order valence-corrected chi connectivity index (χ4v) is 3.12. The number of benzene rings is 1. The van der Waals surface area contributed by atoms with Crippen molar-refractivity contribution < 1.29 is 9.53 Å². The van der Waals surface area contributed by atoms with Crippen LogP contribution in [0.4, 0.5) is 5.69 Å². The molecule has 1 aliphatic carbocycles. The van der Waals surface area contributed by atoms with Gasteiger partial charge in [0.15, 0.2) is 0 Å². The van der Waals surface area contributed by atoms with Crippen LogP contribution < -0.4 is 5.32 Å². The van der Waals surface area contributed by atoms with Crippen LogP contribution in [0.1, 0.15) is 43.0 Å². The molecule has 1 aromatic rings. The Balaban J connectivity index is 2.04. The van der Waals surface area contributed by atoms with Crippen molar-refractivity contribution in [2.24, 2.45) is 11.8 Å². The van der Waals surface area contributed by atoms with E-state index in [1.165, 1.54) is 32.8 Å². The molecule has 4 heteroatoms. The Morgan fingerprint density at radius 2 is 2.25 bits per heavy atom. The number of ether oxygens (including phenoxy) is 1. The number of hydrogen-bond donors (Lipinski definition) is 1. The Morgan fingerprint density at radius 3 is 2.95 bits per heavy atom. The molecule has 0 radical (unpaired) electrons. The minimum atomic E-state index is -0.332. The van der Waals surface area contributed by atoms with E-state index in [0.717, 1.165) is 18.2 Å². The number of hydrogen-bond acceptors (Lipinski definition) is 3. The van der Waals surface area contributed by atoms with Gasteiger partial charge in [-0.2, -0.15) is 0 Å². The van der Waals surface area contributed by atoms with Gasteiger partial charge in [0.25, 0.3) is 0 Å². The molecule has 0 bridgehead atoms. The van der Waals surface area contributed by atoms with Gasteiger partial charge in [-0.05, 0) is 42.9 Å². The van der Waals surface area contributed by atoms with Gasteiger partial charge in [-0.15, -0.1) is 0 Å². The molecule has 0 spiro atoms. The van der Waals surface area contributed by atoms with Gasteiger partial charge in [-0.3, -0.25) is 0 Å². The van der Waals surface area contributed by atoms with Gasteiger partial charge in [0.05, 0.1) is 18.4 Å². The fraction of sp³-hybridized carbons (Fsp3) is 0.562. The highest BCUT2D eigenvalue weighted by Crippen LogP contribution is 2.29. The van der Waals surface area contributed by atoms with Crippen LogP contribution in [-0.4, -0.2) is 19.6 Å². The normalized spacial score (nSPS) is 22.4. The maximum Gasteiger partial charge on any atom is 0.339 e. The summed E-state index contributed by atoms with van der Waals surface area (Å²) in [6, 6.07) is 5.21. The van der Waals surface area contributed by atoms with Crippen LogP contribution in [0.3, 0.4) is 0 Å². The Morgan fingerprint density at radius 1 is 1.45 bits per heavy atom. The lowest BCUT2D eigenvalue weighted by atomic mass is 9.82. The van der Waals surface area contributed by atoms with Crippen LogP contribution in [0.5, 0.6) is 0 Å². The molecular formula is C16H22ClNO2. The van der Waals surface area contributed by atoms with E-state index in [9.17, 15) is 4.79 Å². The number of rotatable bonds is 4. The van der Waals surface area contributed by atoms with Crippen LogP contribution in [0, 0.1) is 11.8 Å². The Labute approximate surface area is 125 Å². The molecule has 0 amide bonds. The van der Waals surface area contributed by atoms with Crippen molar-refractivity contribution in [3.8, 4) is 0 Å². The zero-order chi connectivity index (χ0) is 14.5. The lowest BCUT2D eigenvalue weighted by Gasteiger charge is -2.27. The predicted octanol–water partition coefficient (Wildman–Crippen LogP) is 4.36. The summed E-state index contributed by atoms with van der Waals surface area (Å²) >= 11 is 6.02. The first-order valence-electron chi connectivity index (χ1n) is 7.22. The molecule has 0 heterocycles. The maximum absolute atomic E-state index is 11.7. The van der Waals surface area contributed by atoms with Crippen LogP contribution in [0.25, 0.3) is 0 Å². The van der Waals surface area contributed by atoms with Gasteiger partial charge < -0.3 is 10.1 Å². The van der Waals surface area contributed by atoms with Crippen molar-refractivity contribution in [3.63, 3.8) is 0 Å². The summed E-state index contributed by atoms with van der Waals surface area (Å²) in [6.45, 7) is 3.19. The van der Waals surface area contributed by atoms with E-state index in [2.05, 4.69) is 12.2 Å². The first kappa shape index (κ1) is 15.2. The van der Waals surface area contributed by atoms with Crippen LogP contribution in [0.2, 0.25) is 5.02 Å². The van der Waals surface area contributed by atoms with Crippen LogP contribution in [0.15, 0.2) is 18.2 Å². The van der Waals surface area contributed by atoms with Gasteiger partial charge in [0.2, 0.25) is 0 Å². The summed E-state index contributed by atoms with van der Waals surface area (Å²) in [5, 5.41) is 4.00. The number of anilines is 1. The van der Waals surface area contributed by atoms with E-state index < -0.39 is 0 Å². The summed E-state index contributed by atoms with van der Waals surface area (Å²) in [5.74, 6) is 1.14. The van der Waals surface area contributed by atoms with Gasteiger partial charge in [-0.1, -0.05) is 31.4 Å². The van der Waals surface area contributed by atoms with Crippen LogP contribution in [-0.2, 0) is 4.74 Å². The molecule has 20 heavy (non-hydrogen) atoms. The number of esters is 1. The Bertz CT molecular complexity index is 476. The second kappa shape index (κ2) is 6.98. The largest absolute Gasteiger partial charge is 0.465 e. The third kappa shape index (κ3) is 3.89. The Kier molecular flexibility index (Phi) is 5.30. The smallest absolute Gasteiger partial charge is 0.339 e. The SMILES string of the molecule is COC(=O)c1ccc(Cl)cc1NCC1CCCC(C)C1. The molecule has 1 aliphatic rings. The van der Waals surface area contributed by atoms with E-state index in [0.29, 0.717) is 16.5 Å². The molecule has 1 saturated carbocycles. The number of carbonyl (C=O) groups excluding carboxylic acids is 1. The van der Waals surface area contributed by atoms with Crippen molar-refractivity contribution in [1.82, 2.24) is 0 Å². The second-order valence-electron chi connectivity index (χ2n) is 5.70. The van der Waals surface area contributed by atoms with Crippen molar-refractivity contribution >= 4 is 23.3 Å². The average molecular weight is 296 g/mol. The first-order chi connectivity index (χ1) is 9.60. The third-order valence-electron chi connectivity index (χ3n) is 4.01. The standard InChI is InChI=1S/C16H22ClNO2/c1-11-4-3-5-12(8-11)10-18-15-9-13(17)6-7-14(15)16(19)20-2/h6-7,9,11-12,18H,3-5,8,10H2,1-2H3. The summed E-state index contributed by atoms with van der Waals surface area (Å²) in [6.07, 6.45) is 5.14. The summed E-state index contributed by atoms with van der Waals surface area (Å²) < 4.78 is 4.80. The molecule has 2 rings (SSSR count). The molecule has 1 fully saturated rings. The molecule has 0 saturated heterocycles. The highest BCUT2D eigenvalue weighted by Gasteiger charge is 2.19. The maximum atomic E-state index is 11.7. The number of carbonyl (C=O) groups is 1. The lowest BCUT2D eigenvalue weighted by molar-refractivity contribution is 0.0602. The van der Waals surface area contributed by atoms with Crippen LogP contribution >= 0.6 is 11.6 Å². The number of nitrogens with one attached hydrogen (secondary N) is 1. The molecular weight excluding hydrogens is 274 g/mol. The number of halogens is 1. The molecule has 110 valence electrons. The van der Waals surface area contributed by atoms with E-state index in [1.54, 1.807) is 18.2 Å². The zero-order valence-electron chi connectivity index (χ0n) is 12.1. The van der Waals surface area contributed by atoms with Gasteiger partial charge in [0, 0.05) is 11.6 Å². The third-order valence-corrected chi connectivity index (χ3v) is 4.25. The van der Waals surface area contributed by atoms with Gasteiger partial charge >= 0.3 is 5.97 Å². The van der Waals surface area contributed by atoms with Crippen molar-refractivity contribution in [3.05, 3.63) is 28.8 Å². The fourth-order valence-electron chi connectivity index (χ4n) is 2.95. The van der Waals surface area contributed by atoms with Crippen molar-refractivity contribution in [2.45, 2.75) is 32.6 Å². The summed E-state index contributed by atoms with van der Waals surface area (Å²) in [7, 11) is 1.39. The molecule has 3 nitrogen and oxygen atoms in total. The number of methoxy groups -OCH3 is 1. The minimum Gasteiger partial charge on any atom is -0.465 e. The highest BCUT2D eigenvalue weighted by atomic mass is 35.5. The molecule has 2 atom stereocenters. The monoisotopic (exact) mass is 295 g/mol. The summed E-state index contributed by atoms with van der Waals surface area (Å²) in [5.41, 5.74) is 1.31. The molecule has 1 aromatic carbocycles. The van der Waals surface area contributed by atoms with Gasteiger partial charge in [-0.25, -0.2) is 4.79 Å². The molecule has 1 N–H and O–H groups in total. The van der Waals surface area contributed by atoms with E-state index in [1.807, 2.05) is 0 Å². The zero-order valence-corrected chi connectivity index (χ0v) is 12.9. The first-order valence-corrected chi connectivity index (χ1v) is 7.59. The predicted molar refractivity (Wildman–Crippen MR) is 82.4 cm³/mol. The highest BCUT2D eigenvalue weighted by molar-refractivity contribution is 6.31. The van der Waals surface area contributed by atoms with E-state index >= 15 is 0 Å². The second-order valence-corrected chi connectivity index (χ2v) is 6.14. The minimum absolute atomic E-state index is 0.332. The van der Waals surface area contributed by atoms with Crippen molar-refractivity contribution in [1.29, 1.82) is 0 Å². The average Bonchev–Trinajstić information content (AvgIpc) is 2.44. The molecule has 2 unspecified atom stereocenters. The van der Waals surface area contributed by atoms with Gasteiger partial charge in [0.1, 0.15) is 0 Å². The van der Waals surface area contributed by atoms with E-state index in [4.69, 9.17) is 16.3 Å².